The molecule has 2 heterocycles. The summed E-state index contributed by atoms with van der Waals surface area (Å²) in [7, 11) is 0. The Balaban J connectivity index is 1.87. The molecule has 1 aromatic heterocycles. The molecule has 3 aromatic rings. The van der Waals surface area contributed by atoms with E-state index >= 15 is 0 Å². The topological polar surface area (TPSA) is 67.2 Å². The van der Waals surface area contributed by atoms with Crippen LogP contribution in [0.5, 0.6) is 0 Å². The van der Waals surface area contributed by atoms with Crippen LogP contribution < -0.4 is 10.2 Å². The van der Waals surface area contributed by atoms with Gasteiger partial charge < -0.3 is 5.32 Å². The van der Waals surface area contributed by atoms with Gasteiger partial charge in [0.05, 0.1) is 5.69 Å². The van der Waals surface area contributed by atoms with Crippen molar-refractivity contribution in [2.24, 2.45) is 0 Å². The van der Waals surface area contributed by atoms with Gasteiger partial charge in [0.1, 0.15) is 24.2 Å². The number of rotatable bonds is 5. The fourth-order valence-electron chi connectivity index (χ4n) is 4.58. The zero-order valence-electron chi connectivity index (χ0n) is 19.4. The molecule has 10 heteroatoms. The van der Waals surface area contributed by atoms with Gasteiger partial charge in [-0.25, -0.2) is 9.07 Å². The van der Waals surface area contributed by atoms with Crippen LogP contribution in [0.15, 0.2) is 48.5 Å². The van der Waals surface area contributed by atoms with Gasteiger partial charge in [-0.3, -0.25) is 14.5 Å². The van der Waals surface area contributed by atoms with Crippen LogP contribution in [0.25, 0.3) is 0 Å². The second-order valence-electron chi connectivity index (χ2n) is 8.53. The maximum Gasteiger partial charge on any atom is 0.408 e. The molecule has 0 aliphatic carbocycles. The number of amides is 2. The lowest BCUT2D eigenvalue weighted by Gasteiger charge is -2.38. The van der Waals surface area contributed by atoms with Gasteiger partial charge >= 0.3 is 6.18 Å². The van der Waals surface area contributed by atoms with Gasteiger partial charge in [-0.15, -0.1) is 0 Å². The number of halogens is 4. The summed E-state index contributed by atoms with van der Waals surface area (Å²) < 4.78 is 54.4. The Labute approximate surface area is 199 Å². The summed E-state index contributed by atoms with van der Waals surface area (Å²) in [6, 6.07) is 11.0. The first-order chi connectivity index (χ1) is 16.5. The maximum atomic E-state index is 13.7. The van der Waals surface area contributed by atoms with E-state index in [4.69, 9.17) is 0 Å². The van der Waals surface area contributed by atoms with Crippen molar-refractivity contribution < 1.29 is 27.2 Å². The molecule has 2 atom stereocenters. The highest BCUT2D eigenvalue weighted by Gasteiger charge is 2.46. The van der Waals surface area contributed by atoms with Gasteiger partial charge in [0.25, 0.3) is 11.8 Å². The molecule has 1 aliphatic rings. The number of likely N-dealkylation sites (N-methyl/N-ethyl adjacent to an activating group) is 1. The molecule has 0 unspecified atom stereocenters. The summed E-state index contributed by atoms with van der Waals surface area (Å²) in [5, 5.41) is 6.89. The first-order valence-electron chi connectivity index (χ1n) is 11.1. The van der Waals surface area contributed by atoms with E-state index in [1.165, 1.54) is 29.2 Å². The highest BCUT2D eigenvalue weighted by atomic mass is 19.4. The molecular formula is C25H24F4N4O2. The third-order valence-electron chi connectivity index (χ3n) is 6.02. The van der Waals surface area contributed by atoms with Crippen molar-refractivity contribution >= 4 is 17.6 Å². The average molecular weight is 488 g/mol. The van der Waals surface area contributed by atoms with Gasteiger partial charge in [0.2, 0.25) is 0 Å². The zero-order valence-corrected chi connectivity index (χ0v) is 19.4. The van der Waals surface area contributed by atoms with Crippen molar-refractivity contribution in [2.75, 3.05) is 11.4 Å². The predicted octanol–water partition coefficient (Wildman–Crippen LogP) is 4.50. The third-order valence-corrected chi connectivity index (χ3v) is 6.02. The number of nitrogens with one attached hydrogen (secondary N) is 1. The molecular weight excluding hydrogens is 464 g/mol. The number of carbonyl (C=O) groups excluding carboxylic acids is 2. The highest BCUT2D eigenvalue weighted by molar-refractivity contribution is 6.05. The van der Waals surface area contributed by atoms with Crippen LogP contribution in [0.4, 0.5) is 23.4 Å². The normalized spacial score (nSPS) is 17.9. The number of benzene rings is 2. The van der Waals surface area contributed by atoms with Crippen LogP contribution in [-0.4, -0.2) is 40.4 Å². The van der Waals surface area contributed by atoms with E-state index in [-0.39, 0.29) is 12.4 Å². The molecule has 0 bridgehead atoms. The molecule has 35 heavy (non-hydrogen) atoms. The number of aromatic nitrogens is 2. The number of alkyl halides is 3. The van der Waals surface area contributed by atoms with Gasteiger partial charge in [0.15, 0.2) is 0 Å². The second-order valence-corrected chi connectivity index (χ2v) is 8.53. The fraction of sp³-hybridized carbons (Fsp3) is 0.320. The molecule has 1 N–H and O–H groups in total. The van der Waals surface area contributed by atoms with Crippen molar-refractivity contribution in [3.63, 3.8) is 0 Å². The minimum absolute atomic E-state index is 0.0303. The Morgan fingerprint density at radius 1 is 1.11 bits per heavy atom. The number of nitrogens with zero attached hydrogens (tertiary/aromatic N) is 3. The number of carbonyl (C=O) groups is 2. The van der Waals surface area contributed by atoms with E-state index < -0.39 is 42.3 Å². The number of aryl methyl sites for hydroxylation is 2. The highest BCUT2D eigenvalue weighted by Crippen LogP contribution is 2.43. The third kappa shape index (κ3) is 4.78. The van der Waals surface area contributed by atoms with E-state index in [9.17, 15) is 27.2 Å². The quantitative estimate of drug-likeness (QED) is 0.538. The van der Waals surface area contributed by atoms with Crippen LogP contribution in [0, 0.1) is 19.7 Å². The Bertz CT molecular complexity index is 1270. The predicted molar refractivity (Wildman–Crippen MR) is 122 cm³/mol. The first-order valence-corrected chi connectivity index (χ1v) is 11.1. The molecule has 1 aliphatic heterocycles. The van der Waals surface area contributed by atoms with E-state index in [0.29, 0.717) is 22.4 Å². The van der Waals surface area contributed by atoms with Crippen LogP contribution in [0.2, 0.25) is 0 Å². The van der Waals surface area contributed by atoms with E-state index in [0.717, 1.165) is 10.2 Å². The Kier molecular flexibility index (Phi) is 6.40. The van der Waals surface area contributed by atoms with E-state index in [2.05, 4.69) is 10.4 Å². The number of hydrogen-bond acceptors (Lipinski definition) is 3. The van der Waals surface area contributed by atoms with Crippen molar-refractivity contribution in [3.8, 4) is 0 Å². The lowest BCUT2D eigenvalue weighted by molar-refractivity contribution is -0.142. The van der Waals surface area contributed by atoms with Crippen molar-refractivity contribution in [1.29, 1.82) is 0 Å². The molecule has 184 valence electrons. The van der Waals surface area contributed by atoms with E-state index in [1.807, 2.05) is 13.0 Å². The molecule has 4 rings (SSSR count). The summed E-state index contributed by atoms with van der Waals surface area (Å²) in [5.74, 6) is -2.41. The molecule has 0 saturated carbocycles. The minimum atomic E-state index is -4.56. The Hall–Kier alpha value is -3.69. The van der Waals surface area contributed by atoms with Crippen LogP contribution in [0.3, 0.4) is 0 Å². The molecule has 2 amide bonds. The number of anilines is 1. The van der Waals surface area contributed by atoms with Gasteiger partial charge in [-0.05, 0) is 50.6 Å². The summed E-state index contributed by atoms with van der Waals surface area (Å²) in [5.41, 5.74) is 2.34. The average Bonchev–Trinajstić information content (AvgIpc) is 3.09. The lowest BCUT2D eigenvalue weighted by Crippen LogP contribution is -2.55. The molecule has 0 spiro atoms. The van der Waals surface area contributed by atoms with Gasteiger partial charge in [-0.2, -0.15) is 18.3 Å². The lowest BCUT2D eigenvalue weighted by atomic mass is 9.81. The Morgan fingerprint density at radius 3 is 2.40 bits per heavy atom. The van der Waals surface area contributed by atoms with Gasteiger partial charge in [-0.1, -0.05) is 29.8 Å². The smallest absolute Gasteiger partial charge is 0.339 e. The number of fused-ring (bicyclic) bond motifs is 1. The molecule has 0 radical (unpaired) electrons. The maximum absolute atomic E-state index is 13.7. The van der Waals surface area contributed by atoms with E-state index in [1.54, 1.807) is 32.0 Å². The standard InChI is InChI=1S/C25H24F4N4O2/c1-4-32-23-19(15(3)31-33(23)13-25(27,28)29)20(16-8-10-18(26)11-9-16)21(24(32)35)30-22(34)17-7-5-6-14(2)12-17/h5-12,20-21H,4,13H2,1-3H3,(H,30,34)/t20-,21-/m0/s1. The van der Waals surface area contributed by atoms with Crippen molar-refractivity contribution in [3.05, 3.63) is 82.3 Å². The fourth-order valence-corrected chi connectivity index (χ4v) is 4.58. The summed E-state index contributed by atoms with van der Waals surface area (Å²) in [4.78, 5) is 28.0. The monoisotopic (exact) mass is 488 g/mol. The largest absolute Gasteiger partial charge is 0.408 e. The minimum Gasteiger partial charge on any atom is -0.339 e. The Morgan fingerprint density at radius 2 is 1.80 bits per heavy atom. The first kappa shape index (κ1) is 24.4. The van der Waals surface area contributed by atoms with Crippen molar-refractivity contribution in [2.45, 2.75) is 45.5 Å². The summed E-state index contributed by atoms with van der Waals surface area (Å²) in [6.07, 6.45) is -4.56. The second kappa shape index (κ2) is 9.16. The molecule has 6 nitrogen and oxygen atoms in total. The summed E-state index contributed by atoms with van der Waals surface area (Å²) >= 11 is 0. The summed E-state index contributed by atoms with van der Waals surface area (Å²) in [6.45, 7) is 3.73. The van der Waals surface area contributed by atoms with Crippen LogP contribution in [0.1, 0.15) is 45.6 Å². The van der Waals surface area contributed by atoms with Gasteiger partial charge in [0, 0.05) is 23.6 Å². The zero-order chi connectivity index (χ0) is 25.5. The SMILES string of the molecule is CCN1C(=O)[C@@H](NC(=O)c2cccc(C)c2)[C@@H](c2ccc(F)cc2)c2c(C)nn(CC(F)(F)F)c21. The number of hydrogen-bond donors (Lipinski definition) is 1. The molecule has 0 saturated heterocycles. The van der Waals surface area contributed by atoms with Crippen molar-refractivity contribution in [1.82, 2.24) is 15.1 Å². The van der Waals surface area contributed by atoms with Crippen LogP contribution >= 0.6 is 0 Å². The molecule has 0 fully saturated rings. The molecule has 2 aromatic carbocycles. The van der Waals surface area contributed by atoms with Crippen LogP contribution in [-0.2, 0) is 11.3 Å².